The highest BCUT2D eigenvalue weighted by Crippen LogP contribution is 2.24. The number of likely N-dealkylation sites (N-methyl/N-ethyl adjacent to an activating group) is 3. The fraction of sp³-hybridized carbons (Fsp3) is 0.889. The van der Waals surface area contributed by atoms with Gasteiger partial charge < -0.3 is 16.0 Å². The third-order valence-corrected chi connectivity index (χ3v) is 2.89. The van der Waals surface area contributed by atoms with Crippen molar-refractivity contribution in [2.45, 2.75) is 31.0 Å². The van der Waals surface area contributed by atoms with Crippen molar-refractivity contribution in [3.8, 4) is 0 Å². The lowest BCUT2D eigenvalue weighted by Gasteiger charge is -2.43. The van der Waals surface area contributed by atoms with Gasteiger partial charge in [-0.25, -0.2) is 0 Å². The van der Waals surface area contributed by atoms with Crippen LogP contribution in [0.4, 0.5) is 0 Å². The van der Waals surface area contributed by atoms with E-state index in [-0.39, 0.29) is 5.66 Å². The molecule has 0 aromatic rings. The largest absolute Gasteiger partial charge is 0.314 e. The van der Waals surface area contributed by atoms with E-state index in [1.165, 1.54) is 19.3 Å². The van der Waals surface area contributed by atoms with Crippen LogP contribution in [0.2, 0.25) is 0 Å². The van der Waals surface area contributed by atoms with Gasteiger partial charge in [-0.2, -0.15) is 0 Å². The highest BCUT2D eigenvalue weighted by atomic mass is 15.2. The third kappa shape index (κ3) is 1.63. The van der Waals surface area contributed by atoms with Gasteiger partial charge in [-0.05, 0) is 40.4 Å². The molecule has 0 spiro atoms. The molecular weight excluding hydrogens is 150 g/mol. The Morgan fingerprint density at radius 3 is 2.33 bits per heavy atom. The van der Waals surface area contributed by atoms with E-state index in [0.717, 1.165) is 0 Å². The first-order valence-corrected chi connectivity index (χ1v) is 4.68. The molecule has 1 aliphatic carbocycles. The maximum Gasteiger partial charge on any atom is 0.0872 e. The van der Waals surface area contributed by atoms with Crippen molar-refractivity contribution in [2.24, 2.45) is 0 Å². The van der Waals surface area contributed by atoms with Crippen LogP contribution in [0.3, 0.4) is 0 Å². The molecule has 0 amide bonds. The maximum atomic E-state index is 3.34. The zero-order chi connectivity index (χ0) is 9.03. The molecule has 12 heavy (non-hydrogen) atoms. The minimum atomic E-state index is -0.00694. The number of hydrogen-bond acceptors (Lipinski definition) is 3. The van der Waals surface area contributed by atoms with E-state index in [1.54, 1.807) is 0 Å². The molecule has 0 heterocycles. The van der Waals surface area contributed by atoms with Gasteiger partial charge >= 0.3 is 0 Å². The molecule has 1 unspecified atom stereocenters. The predicted octanol–water partition coefficient (Wildman–Crippen LogP) is 0.0977. The van der Waals surface area contributed by atoms with Gasteiger partial charge in [-0.1, -0.05) is 6.42 Å². The van der Waals surface area contributed by atoms with Gasteiger partial charge in [0.1, 0.15) is 0 Å². The summed E-state index contributed by atoms with van der Waals surface area (Å²) < 4.78 is 0. The highest BCUT2D eigenvalue weighted by Gasteiger charge is 2.37. The average molecular weight is 170 g/mol. The van der Waals surface area contributed by atoms with Gasteiger partial charge in [-0.15, -0.1) is 0 Å². The molecule has 0 bridgehead atoms. The van der Waals surface area contributed by atoms with Crippen molar-refractivity contribution in [3.05, 3.63) is 6.42 Å². The zero-order valence-corrected chi connectivity index (χ0v) is 8.28. The molecule has 1 radical (unpaired) electrons. The van der Waals surface area contributed by atoms with Crippen LogP contribution in [0.15, 0.2) is 0 Å². The van der Waals surface area contributed by atoms with Gasteiger partial charge in [0.2, 0.25) is 0 Å². The summed E-state index contributed by atoms with van der Waals surface area (Å²) in [4.78, 5) is 0. The van der Waals surface area contributed by atoms with Gasteiger partial charge in [0.15, 0.2) is 0 Å². The average Bonchev–Trinajstić information content (AvgIpc) is 2.17. The molecule has 1 aliphatic rings. The summed E-state index contributed by atoms with van der Waals surface area (Å²) in [6.45, 7) is 0. The van der Waals surface area contributed by atoms with Gasteiger partial charge in [0.25, 0.3) is 0 Å². The minimum absolute atomic E-state index is 0.00694. The lowest BCUT2D eigenvalue weighted by molar-refractivity contribution is 0.209. The van der Waals surface area contributed by atoms with Gasteiger partial charge in [0, 0.05) is 6.04 Å². The Balaban J connectivity index is 2.66. The number of rotatable bonds is 3. The van der Waals surface area contributed by atoms with E-state index in [2.05, 4.69) is 22.4 Å². The molecule has 1 fully saturated rings. The maximum absolute atomic E-state index is 3.34. The standard InChI is InChI=1S/C9H20N3/c1-10-8-6-4-5-7-9(8,11-2)12-3/h7-8,10-12H,4-6H2,1-3H3. The third-order valence-electron chi connectivity index (χ3n) is 2.89. The SMILES string of the molecule is CNC1CCC[CH]C1(NC)NC. The second-order valence-corrected chi connectivity index (χ2v) is 3.35. The fourth-order valence-electron chi connectivity index (χ4n) is 2.07. The summed E-state index contributed by atoms with van der Waals surface area (Å²) in [5.74, 6) is 0. The van der Waals surface area contributed by atoms with E-state index in [9.17, 15) is 0 Å². The summed E-state index contributed by atoms with van der Waals surface area (Å²) in [7, 11) is 6.03. The van der Waals surface area contributed by atoms with Crippen molar-refractivity contribution in [1.29, 1.82) is 0 Å². The predicted molar refractivity (Wildman–Crippen MR) is 51.8 cm³/mol. The monoisotopic (exact) mass is 170 g/mol. The summed E-state index contributed by atoms with van der Waals surface area (Å²) in [6.07, 6.45) is 6.04. The molecule has 0 aromatic heterocycles. The van der Waals surface area contributed by atoms with E-state index < -0.39 is 0 Å². The van der Waals surface area contributed by atoms with Crippen LogP contribution in [0, 0.1) is 6.42 Å². The lowest BCUT2D eigenvalue weighted by atomic mass is 9.84. The number of hydrogen-bond donors (Lipinski definition) is 3. The Kier molecular flexibility index (Phi) is 3.50. The van der Waals surface area contributed by atoms with Crippen molar-refractivity contribution >= 4 is 0 Å². The quantitative estimate of drug-likeness (QED) is 0.526. The summed E-state index contributed by atoms with van der Waals surface area (Å²) in [5, 5.41) is 10.0. The summed E-state index contributed by atoms with van der Waals surface area (Å²) in [6, 6.07) is 0.501. The minimum Gasteiger partial charge on any atom is -0.314 e. The van der Waals surface area contributed by atoms with Crippen molar-refractivity contribution in [2.75, 3.05) is 21.1 Å². The van der Waals surface area contributed by atoms with Crippen LogP contribution in [0.1, 0.15) is 19.3 Å². The molecule has 3 nitrogen and oxygen atoms in total. The highest BCUT2D eigenvalue weighted by molar-refractivity contribution is 5.07. The zero-order valence-electron chi connectivity index (χ0n) is 8.28. The van der Waals surface area contributed by atoms with Gasteiger partial charge in [0.05, 0.1) is 5.66 Å². The molecule has 1 saturated carbocycles. The Hall–Kier alpha value is -0.120. The van der Waals surface area contributed by atoms with Crippen LogP contribution < -0.4 is 16.0 Å². The van der Waals surface area contributed by atoms with E-state index in [0.29, 0.717) is 6.04 Å². The lowest BCUT2D eigenvalue weighted by Crippen LogP contribution is -2.67. The topological polar surface area (TPSA) is 36.1 Å². The molecule has 1 rings (SSSR count). The van der Waals surface area contributed by atoms with Crippen LogP contribution in [0.5, 0.6) is 0 Å². The van der Waals surface area contributed by atoms with Gasteiger partial charge in [-0.3, -0.25) is 0 Å². The molecule has 1 atom stereocenters. The van der Waals surface area contributed by atoms with Crippen molar-refractivity contribution in [3.63, 3.8) is 0 Å². The second-order valence-electron chi connectivity index (χ2n) is 3.35. The fourth-order valence-corrected chi connectivity index (χ4v) is 2.07. The van der Waals surface area contributed by atoms with Crippen LogP contribution >= 0.6 is 0 Å². The van der Waals surface area contributed by atoms with Crippen LogP contribution in [-0.2, 0) is 0 Å². The first-order chi connectivity index (χ1) is 5.79. The molecule has 0 aromatic carbocycles. The van der Waals surface area contributed by atoms with Crippen LogP contribution in [-0.4, -0.2) is 32.8 Å². The molecule has 0 aliphatic heterocycles. The first-order valence-electron chi connectivity index (χ1n) is 4.68. The molecule has 0 saturated heterocycles. The second kappa shape index (κ2) is 4.21. The Morgan fingerprint density at radius 2 is 1.92 bits per heavy atom. The van der Waals surface area contributed by atoms with Crippen LogP contribution in [0.25, 0.3) is 0 Å². The van der Waals surface area contributed by atoms with E-state index in [1.807, 2.05) is 21.1 Å². The number of nitrogens with one attached hydrogen (secondary N) is 3. The van der Waals surface area contributed by atoms with E-state index >= 15 is 0 Å². The van der Waals surface area contributed by atoms with Crippen molar-refractivity contribution in [1.82, 2.24) is 16.0 Å². The molecule has 3 heteroatoms. The smallest absolute Gasteiger partial charge is 0.0872 e. The molecule has 3 N–H and O–H groups in total. The molecule has 71 valence electrons. The molecular formula is C9H20N3. The van der Waals surface area contributed by atoms with Crippen molar-refractivity contribution < 1.29 is 0 Å². The Labute approximate surface area is 75.3 Å². The summed E-state index contributed by atoms with van der Waals surface area (Å²) >= 11 is 0. The normalized spacial score (nSPS) is 28.8. The first kappa shape index (κ1) is 9.96. The van der Waals surface area contributed by atoms with E-state index in [4.69, 9.17) is 0 Å². The summed E-state index contributed by atoms with van der Waals surface area (Å²) in [5.41, 5.74) is -0.00694. The Bertz CT molecular complexity index is 132. The Morgan fingerprint density at radius 1 is 1.25 bits per heavy atom.